The number of hydrogen-bond acceptors (Lipinski definition) is 4. The number of amides is 2. The largest absolute Gasteiger partial charge is 0.465 e. The SMILES string of the molecule is COC(=O)c1c(C)[nH]c(C(=O)Nc2ccc3c(c2)CCN3C(C)=O)c1C. The second kappa shape index (κ2) is 6.67. The highest BCUT2D eigenvalue weighted by molar-refractivity contribution is 6.07. The Morgan fingerprint density at radius 3 is 2.62 bits per heavy atom. The average Bonchev–Trinajstić information content (AvgIpc) is 3.14. The molecule has 0 unspecified atom stereocenters. The molecule has 2 heterocycles. The fraction of sp³-hybridized carbons (Fsp3) is 0.316. The Kier molecular flexibility index (Phi) is 4.54. The van der Waals surface area contributed by atoms with Crippen molar-refractivity contribution in [2.75, 3.05) is 23.9 Å². The summed E-state index contributed by atoms with van der Waals surface area (Å²) in [5.41, 5.74) is 4.40. The zero-order chi connectivity index (χ0) is 19.0. The summed E-state index contributed by atoms with van der Waals surface area (Å²) in [6.45, 7) is 5.62. The van der Waals surface area contributed by atoms with Crippen molar-refractivity contribution in [3.8, 4) is 0 Å². The molecule has 1 aliphatic heterocycles. The van der Waals surface area contributed by atoms with Crippen LogP contribution in [0.15, 0.2) is 18.2 Å². The number of nitrogens with zero attached hydrogens (tertiary/aromatic N) is 1. The van der Waals surface area contributed by atoms with E-state index in [0.29, 0.717) is 34.7 Å². The molecule has 0 bridgehead atoms. The van der Waals surface area contributed by atoms with Gasteiger partial charge in [-0.1, -0.05) is 0 Å². The number of aromatic nitrogens is 1. The number of anilines is 2. The van der Waals surface area contributed by atoms with E-state index in [-0.39, 0.29) is 11.8 Å². The predicted molar refractivity (Wildman–Crippen MR) is 97.7 cm³/mol. The molecule has 7 heteroatoms. The number of esters is 1. The van der Waals surface area contributed by atoms with Crippen LogP contribution in [0.4, 0.5) is 11.4 Å². The van der Waals surface area contributed by atoms with Crippen molar-refractivity contribution in [1.82, 2.24) is 4.98 Å². The summed E-state index contributed by atoms with van der Waals surface area (Å²) >= 11 is 0. The maximum atomic E-state index is 12.6. The molecule has 0 saturated heterocycles. The van der Waals surface area contributed by atoms with Crippen molar-refractivity contribution < 1.29 is 19.1 Å². The summed E-state index contributed by atoms with van der Waals surface area (Å²) in [6.07, 6.45) is 0.756. The fourth-order valence-corrected chi connectivity index (χ4v) is 3.39. The van der Waals surface area contributed by atoms with Crippen LogP contribution < -0.4 is 10.2 Å². The topological polar surface area (TPSA) is 91.5 Å². The summed E-state index contributed by atoms with van der Waals surface area (Å²) in [4.78, 5) is 40.8. The molecule has 0 radical (unpaired) electrons. The Bertz CT molecular complexity index is 914. The van der Waals surface area contributed by atoms with Gasteiger partial charge in [-0.05, 0) is 49.6 Å². The highest BCUT2D eigenvalue weighted by Crippen LogP contribution is 2.31. The molecule has 2 aromatic rings. The van der Waals surface area contributed by atoms with Crippen molar-refractivity contribution in [1.29, 1.82) is 0 Å². The maximum Gasteiger partial charge on any atom is 0.339 e. The second-order valence-corrected chi connectivity index (χ2v) is 6.33. The predicted octanol–water partition coefficient (Wildman–Crippen LogP) is 2.58. The first kappa shape index (κ1) is 17.7. The minimum absolute atomic E-state index is 0.00774. The van der Waals surface area contributed by atoms with Crippen molar-refractivity contribution >= 4 is 29.2 Å². The molecule has 0 aliphatic carbocycles. The number of benzene rings is 1. The highest BCUT2D eigenvalue weighted by atomic mass is 16.5. The first-order chi connectivity index (χ1) is 12.3. The van der Waals surface area contributed by atoms with Crippen LogP contribution in [0.25, 0.3) is 0 Å². The molecule has 0 atom stereocenters. The van der Waals surface area contributed by atoms with E-state index in [2.05, 4.69) is 10.3 Å². The molecule has 1 aliphatic rings. The number of ether oxygens (including phenoxy) is 1. The first-order valence-electron chi connectivity index (χ1n) is 8.33. The van der Waals surface area contributed by atoms with Crippen molar-refractivity contribution in [2.24, 2.45) is 0 Å². The number of carbonyl (C=O) groups is 3. The molecule has 2 amide bonds. The lowest BCUT2D eigenvalue weighted by Gasteiger charge is -2.15. The van der Waals surface area contributed by atoms with Crippen LogP contribution in [0.5, 0.6) is 0 Å². The molecule has 1 aromatic carbocycles. The smallest absolute Gasteiger partial charge is 0.339 e. The third kappa shape index (κ3) is 2.96. The summed E-state index contributed by atoms with van der Waals surface area (Å²) in [5, 5.41) is 2.84. The third-order valence-corrected chi connectivity index (χ3v) is 4.67. The molecule has 26 heavy (non-hydrogen) atoms. The monoisotopic (exact) mass is 355 g/mol. The van der Waals surface area contributed by atoms with Crippen molar-refractivity contribution in [3.63, 3.8) is 0 Å². The number of hydrogen-bond donors (Lipinski definition) is 2. The van der Waals surface area contributed by atoms with Crippen LogP contribution in [0, 0.1) is 13.8 Å². The van der Waals surface area contributed by atoms with Gasteiger partial charge in [-0.15, -0.1) is 0 Å². The van der Waals surface area contributed by atoms with E-state index in [0.717, 1.165) is 17.7 Å². The van der Waals surface area contributed by atoms with Gasteiger partial charge in [-0.2, -0.15) is 0 Å². The van der Waals surface area contributed by atoms with E-state index in [1.165, 1.54) is 7.11 Å². The minimum atomic E-state index is -0.475. The van der Waals surface area contributed by atoms with Gasteiger partial charge in [-0.3, -0.25) is 9.59 Å². The molecule has 3 rings (SSSR count). The number of fused-ring (bicyclic) bond motifs is 1. The Morgan fingerprint density at radius 1 is 1.23 bits per heavy atom. The zero-order valence-corrected chi connectivity index (χ0v) is 15.2. The van der Waals surface area contributed by atoms with Crippen molar-refractivity contribution in [3.05, 3.63) is 46.3 Å². The Hall–Kier alpha value is -3.09. The van der Waals surface area contributed by atoms with Gasteiger partial charge in [0.05, 0.1) is 12.7 Å². The zero-order valence-electron chi connectivity index (χ0n) is 15.2. The van der Waals surface area contributed by atoms with Gasteiger partial charge in [0.15, 0.2) is 0 Å². The normalized spacial score (nSPS) is 12.7. The van der Waals surface area contributed by atoms with Crippen molar-refractivity contribution in [2.45, 2.75) is 27.2 Å². The van der Waals surface area contributed by atoms with Crippen LogP contribution in [-0.4, -0.2) is 36.4 Å². The molecule has 0 fully saturated rings. The number of H-pyrrole nitrogens is 1. The van der Waals surface area contributed by atoms with Gasteiger partial charge in [0.2, 0.25) is 5.91 Å². The van der Waals surface area contributed by atoms with Crippen LogP contribution >= 0.6 is 0 Å². The maximum absolute atomic E-state index is 12.6. The van der Waals surface area contributed by atoms with Gasteiger partial charge in [-0.25, -0.2) is 4.79 Å². The van der Waals surface area contributed by atoms with E-state index in [9.17, 15) is 14.4 Å². The average molecular weight is 355 g/mol. The highest BCUT2D eigenvalue weighted by Gasteiger charge is 2.24. The Labute approximate surface area is 151 Å². The van der Waals surface area contributed by atoms with Gasteiger partial charge >= 0.3 is 5.97 Å². The minimum Gasteiger partial charge on any atom is -0.465 e. The molecule has 0 spiro atoms. The number of aryl methyl sites for hydroxylation is 1. The quantitative estimate of drug-likeness (QED) is 0.828. The van der Waals surface area contributed by atoms with Crippen LogP contribution in [0.3, 0.4) is 0 Å². The van der Waals surface area contributed by atoms with Crippen LogP contribution in [-0.2, 0) is 16.0 Å². The Balaban J connectivity index is 1.84. The lowest BCUT2D eigenvalue weighted by molar-refractivity contribution is -0.116. The number of rotatable bonds is 3. The van der Waals surface area contributed by atoms with Gasteiger partial charge in [0.1, 0.15) is 5.69 Å². The van der Waals surface area contributed by atoms with E-state index >= 15 is 0 Å². The Morgan fingerprint density at radius 2 is 1.96 bits per heavy atom. The number of carbonyl (C=O) groups excluding carboxylic acids is 3. The van der Waals surface area contributed by atoms with E-state index in [4.69, 9.17) is 4.74 Å². The number of methoxy groups -OCH3 is 1. The van der Waals surface area contributed by atoms with E-state index in [1.807, 2.05) is 12.1 Å². The van der Waals surface area contributed by atoms with Gasteiger partial charge in [0, 0.05) is 30.5 Å². The summed E-state index contributed by atoms with van der Waals surface area (Å²) < 4.78 is 4.77. The van der Waals surface area contributed by atoms with E-state index < -0.39 is 5.97 Å². The summed E-state index contributed by atoms with van der Waals surface area (Å²) in [7, 11) is 1.31. The number of aromatic amines is 1. The lowest BCUT2D eigenvalue weighted by atomic mass is 10.1. The van der Waals surface area contributed by atoms with Crippen LogP contribution in [0.1, 0.15) is 44.6 Å². The number of nitrogens with one attached hydrogen (secondary N) is 2. The van der Waals surface area contributed by atoms with Crippen LogP contribution in [0.2, 0.25) is 0 Å². The fourth-order valence-electron chi connectivity index (χ4n) is 3.39. The van der Waals surface area contributed by atoms with Gasteiger partial charge < -0.3 is 19.9 Å². The third-order valence-electron chi connectivity index (χ3n) is 4.67. The second-order valence-electron chi connectivity index (χ2n) is 6.33. The molecule has 2 N–H and O–H groups in total. The standard InChI is InChI=1S/C19H21N3O4/c1-10-16(19(25)26-4)11(2)20-17(10)18(24)21-14-5-6-15-13(9-14)7-8-22(15)12(3)23/h5-6,9,20H,7-8H2,1-4H3,(H,21,24). The molecular formula is C19H21N3O4. The molecule has 7 nitrogen and oxygen atoms in total. The van der Waals surface area contributed by atoms with Gasteiger partial charge in [0.25, 0.3) is 5.91 Å². The molecular weight excluding hydrogens is 334 g/mol. The lowest BCUT2D eigenvalue weighted by Crippen LogP contribution is -2.25. The molecule has 136 valence electrons. The molecule has 0 saturated carbocycles. The summed E-state index contributed by atoms with van der Waals surface area (Å²) in [6, 6.07) is 5.49. The van der Waals surface area contributed by atoms with E-state index in [1.54, 1.807) is 31.7 Å². The first-order valence-corrected chi connectivity index (χ1v) is 8.33. The summed E-state index contributed by atoms with van der Waals surface area (Å²) in [5.74, 6) is -0.798. The molecule has 1 aromatic heterocycles.